The third kappa shape index (κ3) is 6.39. The number of carbonyl (C=O) groups excluding carboxylic acids is 2. The Balaban J connectivity index is 1.47. The molecule has 13 heteroatoms. The number of benzene rings is 2. The summed E-state index contributed by atoms with van der Waals surface area (Å²) in [4.78, 5) is 27.2. The third-order valence-corrected chi connectivity index (χ3v) is 8.41. The van der Waals surface area contributed by atoms with Gasteiger partial charge in [0.05, 0.1) is 19.8 Å². The lowest BCUT2D eigenvalue weighted by Crippen LogP contribution is -2.53. The predicted molar refractivity (Wildman–Crippen MR) is 158 cm³/mol. The van der Waals surface area contributed by atoms with E-state index in [0.717, 1.165) is 17.4 Å². The van der Waals surface area contributed by atoms with Crippen molar-refractivity contribution in [2.45, 2.75) is 103 Å². The van der Waals surface area contributed by atoms with Crippen molar-refractivity contribution in [1.29, 1.82) is 0 Å². The van der Waals surface area contributed by atoms with Gasteiger partial charge in [0.15, 0.2) is 0 Å². The smallest absolute Gasteiger partial charge is 0.430 e. The van der Waals surface area contributed by atoms with Gasteiger partial charge in [-0.3, -0.25) is 9.69 Å². The number of hydrogen-bond donors (Lipinski definition) is 1. The Bertz CT molecular complexity index is 1400. The molecule has 2 aliphatic heterocycles. The monoisotopic (exact) mass is 658 g/mol. The first-order valence-electron chi connectivity index (χ1n) is 15.6. The molecule has 46 heavy (non-hydrogen) atoms. The molecule has 2 aliphatic rings. The van der Waals surface area contributed by atoms with Crippen LogP contribution in [0, 0.1) is 0 Å². The molecule has 0 aromatic heterocycles. The highest BCUT2D eigenvalue weighted by Gasteiger charge is 2.76. The zero-order chi connectivity index (χ0) is 33.9. The number of aryl methyl sites for hydroxylation is 1. The lowest BCUT2D eigenvalue weighted by Gasteiger charge is -2.34. The van der Waals surface area contributed by atoms with E-state index in [2.05, 4.69) is 10.1 Å². The van der Waals surface area contributed by atoms with E-state index in [4.69, 9.17) is 9.47 Å². The second-order valence-electron chi connectivity index (χ2n) is 11.8. The van der Waals surface area contributed by atoms with Crippen LogP contribution in [0.5, 0.6) is 11.5 Å². The van der Waals surface area contributed by atoms with Crippen LogP contribution < -0.4 is 14.8 Å². The second kappa shape index (κ2) is 13.7. The summed E-state index contributed by atoms with van der Waals surface area (Å²) in [5.74, 6) is 0.524. The molecule has 2 heterocycles. The highest BCUT2D eigenvalue weighted by molar-refractivity contribution is 6.07. The van der Waals surface area contributed by atoms with Crippen molar-refractivity contribution in [3.8, 4) is 11.5 Å². The Labute approximate surface area is 264 Å². The summed E-state index contributed by atoms with van der Waals surface area (Å²) in [6, 6.07) is 7.36. The summed E-state index contributed by atoms with van der Waals surface area (Å²) in [5, 5.41) is 2.76. The number of rotatable bonds is 14. The maximum Gasteiger partial charge on any atom is 0.430 e. The molecule has 3 amide bonds. The van der Waals surface area contributed by atoms with E-state index in [9.17, 15) is 35.9 Å². The van der Waals surface area contributed by atoms with Crippen LogP contribution in [0.1, 0.15) is 87.6 Å². The number of alkyl halides is 6. The molecule has 0 spiro atoms. The summed E-state index contributed by atoms with van der Waals surface area (Å²) in [6.45, 7) is 7.07. The van der Waals surface area contributed by atoms with Crippen LogP contribution in [0.4, 0.5) is 31.1 Å². The number of imide groups is 1. The second-order valence-corrected chi connectivity index (χ2v) is 11.8. The van der Waals surface area contributed by atoms with Crippen LogP contribution >= 0.6 is 0 Å². The molecule has 0 saturated carbocycles. The lowest BCUT2D eigenvalue weighted by atomic mass is 9.84. The number of amides is 3. The number of ether oxygens (including phenoxy) is 3. The van der Waals surface area contributed by atoms with Gasteiger partial charge in [0.25, 0.3) is 11.5 Å². The number of nitrogens with one attached hydrogen (secondary N) is 1. The molecule has 0 bridgehead atoms. The summed E-state index contributed by atoms with van der Waals surface area (Å²) < 4.78 is 101. The van der Waals surface area contributed by atoms with Gasteiger partial charge in [-0.05, 0) is 73.9 Å². The van der Waals surface area contributed by atoms with Crippen molar-refractivity contribution in [2.24, 2.45) is 0 Å². The van der Waals surface area contributed by atoms with Crippen molar-refractivity contribution in [2.75, 3.05) is 19.8 Å². The van der Waals surface area contributed by atoms with E-state index in [1.165, 1.54) is 0 Å². The maximum atomic E-state index is 14.1. The summed E-state index contributed by atoms with van der Waals surface area (Å²) in [7, 11) is 0. The molecule has 1 unspecified atom stereocenters. The van der Waals surface area contributed by atoms with Gasteiger partial charge in [-0.25, -0.2) is 4.79 Å². The molecule has 1 N–H and O–H groups in total. The SMILES string of the molecule is CCCOc1ccc(C2(C)NC(=O)N(CCCCOc3c(CCC)cc4c(c3CCC)COC4(C(F)(F)F)C(F)(F)F)C2=O)cc1. The number of unbranched alkanes of at least 4 members (excludes halogenated alkanes) is 1. The van der Waals surface area contributed by atoms with Crippen LogP contribution in [0.15, 0.2) is 30.3 Å². The van der Waals surface area contributed by atoms with Crippen molar-refractivity contribution in [3.63, 3.8) is 0 Å². The quantitative estimate of drug-likeness (QED) is 0.127. The topological polar surface area (TPSA) is 77.1 Å². The Hall–Kier alpha value is -3.48. The number of urea groups is 1. The van der Waals surface area contributed by atoms with Crippen molar-refractivity contribution in [1.82, 2.24) is 10.2 Å². The molecule has 1 fully saturated rings. The molecule has 7 nitrogen and oxygen atoms in total. The zero-order valence-electron chi connectivity index (χ0n) is 26.4. The van der Waals surface area contributed by atoms with E-state index in [1.807, 2.05) is 6.92 Å². The van der Waals surface area contributed by atoms with E-state index in [0.29, 0.717) is 43.6 Å². The van der Waals surface area contributed by atoms with Gasteiger partial charge in [0.1, 0.15) is 17.0 Å². The highest BCUT2D eigenvalue weighted by atomic mass is 19.4. The third-order valence-electron chi connectivity index (χ3n) is 8.41. The molecule has 0 radical (unpaired) electrons. The number of nitrogens with zero attached hydrogens (tertiary/aromatic N) is 1. The van der Waals surface area contributed by atoms with Gasteiger partial charge in [-0.2, -0.15) is 26.3 Å². The first kappa shape index (κ1) is 35.4. The average Bonchev–Trinajstić information content (AvgIpc) is 3.49. The van der Waals surface area contributed by atoms with Crippen molar-refractivity contribution < 1.29 is 50.1 Å². The Morgan fingerprint density at radius 1 is 0.891 bits per heavy atom. The number of fused-ring (bicyclic) bond motifs is 1. The molecule has 254 valence electrons. The fourth-order valence-corrected chi connectivity index (χ4v) is 6.08. The van der Waals surface area contributed by atoms with Gasteiger partial charge in [-0.15, -0.1) is 0 Å². The molecule has 2 aromatic carbocycles. The van der Waals surface area contributed by atoms with Crippen LogP contribution in [0.3, 0.4) is 0 Å². The van der Waals surface area contributed by atoms with Crippen LogP contribution in [-0.2, 0) is 40.1 Å². The summed E-state index contributed by atoms with van der Waals surface area (Å²) in [6.07, 6.45) is -8.51. The largest absolute Gasteiger partial charge is 0.494 e. The van der Waals surface area contributed by atoms with Gasteiger partial charge in [0, 0.05) is 17.7 Å². The minimum atomic E-state index is -5.71. The van der Waals surface area contributed by atoms with Crippen LogP contribution in [0.25, 0.3) is 0 Å². The highest BCUT2D eigenvalue weighted by Crippen LogP contribution is 2.58. The molecule has 0 aliphatic carbocycles. The maximum absolute atomic E-state index is 14.1. The van der Waals surface area contributed by atoms with Gasteiger partial charge in [0.2, 0.25) is 0 Å². The van der Waals surface area contributed by atoms with Crippen LogP contribution in [0.2, 0.25) is 0 Å². The average molecular weight is 659 g/mol. The lowest BCUT2D eigenvalue weighted by molar-refractivity contribution is -0.385. The van der Waals surface area contributed by atoms with E-state index in [-0.39, 0.29) is 48.4 Å². The Morgan fingerprint density at radius 2 is 1.54 bits per heavy atom. The van der Waals surface area contributed by atoms with Gasteiger partial charge in [-0.1, -0.05) is 45.7 Å². The molecule has 1 atom stereocenters. The predicted octanol–water partition coefficient (Wildman–Crippen LogP) is 7.86. The molecular formula is C33H40F6N2O5. The van der Waals surface area contributed by atoms with E-state index < -0.39 is 47.6 Å². The van der Waals surface area contributed by atoms with Crippen molar-refractivity contribution in [3.05, 3.63) is 58.1 Å². The van der Waals surface area contributed by atoms with Gasteiger partial charge < -0.3 is 19.5 Å². The first-order chi connectivity index (χ1) is 21.7. The number of halogens is 6. The summed E-state index contributed by atoms with van der Waals surface area (Å²) >= 11 is 0. The van der Waals surface area contributed by atoms with Gasteiger partial charge >= 0.3 is 18.4 Å². The molecular weight excluding hydrogens is 618 g/mol. The van der Waals surface area contributed by atoms with E-state index in [1.54, 1.807) is 45.0 Å². The fraction of sp³-hybridized carbons (Fsp3) is 0.576. The minimum Gasteiger partial charge on any atom is -0.494 e. The zero-order valence-corrected chi connectivity index (χ0v) is 26.4. The summed E-state index contributed by atoms with van der Waals surface area (Å²) in [5.41, 5.74) is -5.57. The first-order valence-corrected chi connectivity index (χ1v) is 15.6. The number of hydrogen-bond acceptors (Lipinski definition) is 5. The molecule has 4 rings (SSSR count). The number of carbonyl (C=O) groups is 2. The minimum absolute atomic E-state index is 0.0803. The molecule has 2 aromatic rings. The normalized spacial score (nSPS) is 19.4. The van der Waals surface area contributed by atoms with E-state index >= 15 is 0 Å². The fourth-order valence-electron chi connectivity index (χ4n) is 6.08. The molecule has 1 saturated heterocycles. The van der Waals surface area contributed by atoms with Crippen LogP contribution in [-0.4, -0.2) is 48.9 Å². The Kier molecular flexibility index (Phi) is 10.5. The Morgan fingerprint density at radius 3 is 2.13 bits per heavy atom. The van der Waals surface area contributed by atoms with Crippen molar-refractivity contribution >= 4 is 11.9 Å². The standard InChI is InChI=1S/C33H40F6N2O5/c1-5-10-21-19-26-25(20-46-31(26,32(34,35)36)33(37,38)39)24(11-6-2)27(21)45-18-9-8-16-41-28(42)30(4,40-29(41)43)22-12-14-23(15-13-22)44-17-7-3/h12-15,19H,5-11,16-18,20H2,1-4H3,(H,40,43).